The standard InChI is InChI=1S/C9H9ClO2.CH4/c10-8-4-2-1-3-7(8)5-6-9(11)12;/h1-4H,5-6H2,(H,11,12);1H4. The van der Waals surface area contributed by atoms with Gasteiger partial charge >= 0.3 is 5.97 Å². The highest BCUT2D eigenvalue weighted by molar-refractivity contribution is 6.31. The van der Waals surface area contributed by atoms with Gasteiger partial charge in [-0.2, -0.15) is 0 Å². The molecule has 1 aromatic rings. The van der Waals surface area contributed by atoms with Crippen LogP contribution in [0.25, 0.3) is 0 Å². The molecule has 0 saturated carbocycles. The molecule has 0 aromatic heterocycles. The summed E-state index contributed by atoms with van der Waals surface area (Å²) in [6.07, 6.45) is 0.624. The first-order chi connectivity index (χ1) is 5.70. The summed E-state index contributed by atoms with van der Waals surface area (Å²) in [7, 11) is 0. The fourth-order valence-electron chi connectivity index (χ4n) is 0.943. The zero-order valence-corrected chi connectivity index (χ0v) is 7.21. The highest BCUT2D eigenvalue weighted by atomic mass is 35.5. The summed E-state index contributed by atoms with van der Waals surface area (Å²) in [6.45, 7) is 0. The van der Waals surface area contributed by atoms with Gasteiger partial charge in [0.25, 0.3) is 0 Å². The quantitative estimate of drug-likeness (QED) is 0.815. The van der Waals surface area contributed by atoms with Crippen molar-refractivity contribution < 1.29 is 9.90 Å². The maximum absolute atomic E-state index is 10.2. The van der Waals surface area contributed by atoms with E-state index in [1.54, 1.807) is 6.07 Å². The van der Waals surface area contributed by atoms with Gasteiger partial charge in [0.15, 0.2) is 0 Å². The molecule has 13 heavy (non-hydrogen) atoms. The lowest BCUT2D eigenvalue weighted by molar-refractivity contribution is -0.136. The molecule has 0 spiro atoms. The molecule has 0 atom stereocenters. The van der Waals surface area contributed by atoms with Crippen LogP contribution in [-0.4, -0.2) is 11.1 Å². The number of aryl methyl sites for hydroxylation is 1. The van der Waals surface area contributed by atoms with Crippen LogP contribution < -0.4 is 0 Å². The van der Waals surface area contributed by atoms with E-state index in [1.807, 2.05) is 18.2 Å². The minimum absolute atomic E-state index is 0. The molecule has 72 valence electrons. The van der Waals surface area contributed by atoms with Crippen LogP contribution in [-0.2, 0) is 11.2 Å². The Balaban J connectivity index is 0.00000144. The molecule has 0 fully saturated rings. The van der Waals surface area contributed by atoms with Crippen molar-refractivity contribution in [2.24, 2.45) is 0 Å². The predicted octanol–water partition coefficient (Wildman–Crippen LogP) is 2.99. The number of carbonyl (C=O) groups is 1. The van der Waals surface area contributed by atoms with Crippen molar-refractivity contribution in [1.29, 1.82) is 0 Å². The fourth-order valence-corrected chi connectivity index (χ4v) is 1.17. The lowest BCUT2D eigenvalue weighted by Crippen LogP contribution is -1.97. The summed E-state index contributed by atoms with van der Waals surface area (Å²) >= 11 is 5.81. The first-order valence-corrected chi connectivity index (χ1v) is 4.03. The Morgan fingerprint density at radius 3 is 2.54 bits per heavy atom. The van der Waals surface area contributed by atoms with E-state index in [9.17, 15) is 4.79 Å². The van der Waals surface area contributed by atoms with E-state index in [2.05, 4.69) is 0 Å². The Morgan fingerprint density at radius 2 is 2.00 bits per heavy atom. The Labute approximate surface area is 83.2 Å². The largest absolute Gasteiger partial charge is 0.481 e. The van der Waals surface area contributed by atoms with Gasteiger partial charge in [0.1, 0.15) is 0 Å². The lowest BCUT2D eigenvalue weighted by Gasteiger charge is -1.99. The molecule has 0 aliphatic heterocycles. The number of benzene rings is 1. The number of aliphatic carboxylic acids is 1. The zero-order valence-electron chi connectivity index (χ0n) is 6.46. The zero-order chi connectivity index (χ0) is 8.97. The third-order valence-corrected chi connectivity index (χ3v) is 1.93. The van der Waals surface area contributed by atoms with E-state index in [0.29, 0.717) is 11.4 Å². The van der Waals surface area contributed by atoms with Gasteiger partial charge in [-0.1, -0.05) is 37.2 Å². The van der Waals surface area contributed by atoms with E-state index in [4.69, 9.17) is 16.7 Å². The SMILES string of the molecule is C.O=C(O)CCc1ccccc1Cl. The predicted molar refractivity (Wildman–Crippen MR) is 54.1 cm³/mol. The molecule has 0 heterocycles. The second-order valence-corrected chi connectivity index (χ2v) is 2.89. The lowest BCUT2D eigenvalue weighted by atomic mass is 10.1. The Kier molecular flexibility index (Phi) is 5.16. The van der Waals surface area contributed by atoms with Gasteiger partial charge in [-0.3, -0.25) is 4.79 Å². The van der Waals surface area contributed by atoms with Gasteiger partial charge < -0.3 is 5.11 Å². The Hall–Kier alpha value is -1.02. The van der Waals surface area contributed by atoms with Crippen molar-refractivity contribution in [3.05, 3.63) is 34.9 Å². The molecule has 1 rings (SSSR count). The third kappa shape index (κ3) is 3.95. The molecule has 0 aliphatic carbocycles. The molecule has 1 N–H and O–H groups in total. The van der Waals surface area contributed by atoms with Crippen molar-refractivity contribution in [3.8, 4) is 0 Å². The maximum Gasteiger partial charge on any atom is 0.303 e. The number of halogens is 1. The molecule has 0 radical (unpaired) electrons. The van der Waals surface area contributed by atoms with Crippen LogP contribution in [0.4, 0.5) is 0 Å². The average molecular weight is 201 g/mol. The highest BCUT2D eigenvalue weighted by Crippen LogP contribution is 2.16. The average Bonchev–Trinajstić information content (AvgIpc) is 2.03. The summed E-state index contributed by atoms with van der Waals surface area (Å²) in [6, 6.07) is 7.28. The Bertz CT molecular complexity index is 284. The van der Waals surface area contributed by atoms with Crippen molar-refractivity contribution in [2.45, 2.75) is 20.3 Å². The van der Waals surface area contributed by atoms with Gasteiger partial charge in [0.05, 0.1) is 0 Å². The Morgan fingerprint density at radius 1 is 1.38 bits per heavy atom. The van der Waals surface area contributed by atoms with Crippen LogP contribution in [0.2, 0.25) is 5.02 Å². The van der Waals surface area contributed by atoms with Gasteiger partial charge in [-0.05, 0) is 18.1 Å². The number of hydrogen-bond donors (Lipinski definition) is 1. The van der Waals surface area contributed by atoms with Gasteiger partial charge in [0, 0.05) is 11.4 Å². The first kappa shape index (κ1) is 12.0. The fraction of sp³-hybridized carbons (Fsp3) is 0.300. The van der Waals surface area contributed by atoms with Crippen molar-refractivity contribution >= 4 is 17.6 Å². The van der Waals surface area contributed by atoms with Crippen LogP contribution in [0, 0.1) is 0 Å². The minimum Gasteiger partial charge on any atom is -0.481 e. The molecule has 0 saturated heterocycles. The van der Waals surface area contributed by atoms with Crippen LogP contribution in [0.5, 0.6) is 0 Å². The number of hydrogen-bond acceptors (Lipinski definition) is 1. The van der Waals surface area contributed by atoms with Crippen molar-refractivity contribution in [1.82, 2.24) is 0 Å². The number of rotatable bonds is 3. The highest BCUT2D eigenvalue weighted by Gasteiger charge is 2.01. The maximum atomic E-state index is 10.2. The molecular formula is C10H13ClO2. The second-order valence-electron chi connectivity index (χ2n) is 2.49. The number of carboxylic acids is 1. The van der Waals surface area contributed by atoms with Crippen LogP contribution in [0.3, 0.4) is 0 Å². The molecule has 0 amide bonds. The summed E-state index contributed by atoms with van der Waals surface area (Å²) in [5.41, 5.74) is 0.890. The molecule has 1 aromatic carbocycles. The summed E-state index contributed by atoms with van der Waals surface area (Å²) in [4.78, 5) is 10.2. The summed E-state index contributed by atoms with van der Waals surface area (Å²) < 4.78 is 0. The van der Waals surface area contributed by atoms with Gasteiger partial charge in [0.2, 0.25) is 0 Å². The van der Waals surface area contributed by atoms with E-state index in [1.165, 1.54) is 0 Å². The smallest absolute Gasteiger partial charge is 0.303 e. The topological polar surface area (TPSA) is 37.3 Å². The first-order valence-electron chi connectivity index (χ1n) is 3.65. The molecule has 2 nitrogen and oxygen atoms in total. The van der Waals surface area contributed by atoms with Gasteiger partial charge in [-0.25, -0.2) is 0 Å². The monoisotopic (exact) mass is 200 g/mol. The number of carboxylic acid groups (broad SMARTS) is 1. The van der Waals surface area contributed by atoms with Crippen LogP contribution >= 0.6 is 11.6 Å². The third-order valence-electron chi connectivity index (χ3n) is 1.57. The molecular weight excluding hydrogens is 188 g/mol. The minimum atomic E-state index is -0.796. The summed E-state index contributed by atoms with van der Waals surface area (Å²) in [5.74, 6) is -0.796. The van der Waals surface area contributed by atoms with E-state index in [0.717, 1.165) is 5.56 Å². The van der Waals surface area contributed by atoms with Crippen molar-refractivity contribution in [3.63, 3.8) is 0 Å². The van der Waals surface area contributed by atoms with Crippen LogP contribution in [0.15, 0.2) is 24.3 Å². The van der Waals surface area contributed by atoms with Crippen LogP contribution in [0.1, 0.15) is 19.4 Å². The van der Waals surface area contributed by atoms with E-state index in [-0.39, 0.29) is 13.8 Å². The molecule has 3 heteroatoms. The normalized spacial score (nSPS) is 9.00. The summed E-state index contributed by atoms with van der Waals surface area (Å²) in [5, 5.41) is 9.06. The van der Waals surface area contributed by atoms with E-state index >= 15 is 0 Å². The van der Waals surface area contributed by atoms with Crippen molar-refractivity contribution in [2.75, 3.05) is 0 Å². The second kappa shape index (κ2) is 5.60. The van der Waals surface area contributed by atoms with E-state index < -0.39 is 5.97 Å². The van der Waals surface area contributed by atoms with Gasteiger partial charge in [-0.15, -0.1) is 0 Å². The molecule has 0 bridgehead atoms. The molecule has 0 aliphatic rings. The molecule has 0 unspecified atom stereocenters.